The van der Waals surface area contributed by atoms with Crippen molar-refractivity contribution in [3.8, 4) is 17.0 Å². The molecule has 0 atom stereocenters. The van der Waals surface area contributed by atoms with Gasteiger partial charge >= 0.3 is 0 Å². The molecule has 126 valence electrons. The average molecular weight is 327 g/mol. The second-order valence-corrected chi connectivity index (χ2v) is 5.78. The summed E-state index contributed by atoms with van der Waals surface area (Å²) < 4.78 is 5.24. The van der Waals surface area contributed by atoms with E-state index < -0.39 is 11.9 Å². The lowest BCUT2D eigenvalue weighted by Gasteiger charge is -2.33. The predicted molar refractivity (Wildman–Crippen MR) is 88.4 cm³/mol. The number of ether oxygens (including phenoxy) is 1. The van der Waals surface area contributed by atoms with Crippen molar-refractivity contribution in [3.05, 3.63) is 30.5 Å². The van der Waals surface area contributed by atoms with Crippen LogP contribution >= 0.6 is 0 Å². The Morgan fingerprint density at radius 3 is 2.79 bits per heavy atom. The number of carboxylic acid groups (broad SMARTS) is 1. The second-order valence-electron chi connectivity index (χ2n) is 5.78. The smallest absolute Gasteiger partial charge is 0.172 e. The highest BCUT2D eigenvalue weighted by Crippen LogP contribution is 2.28. The number of aliphatic carboxylic acids is 1. The fourth-order valence-corrected chi connectivity index (χ4v) is 2.87. The number of nitrogens with two attached hydrogens (primary N) is 1. The SMILES string of the molecule is COc1cccc(-c2cnc(N)c(N3CCC(C(=O)[O-])CC3)n2)c1. The summed E-state index contributed by atoms with van der Waals surface area (Å²) >= 11 is 0. The molecule has 1 aromatic heterocycles. The molecule has 0 radical (unpaired) electrons. The number of nitrogens with zero attached hydrogens (tertiary/aromatic N) is 3. The minimum atomic E-state index is -0.987. The zero-order chi connectivity index (χ0) is 17.1. The van der Waals surface area contributed by atoms with Gasteiger partial charge in [0.15, 0.2) is 11.6 Å². The van der Waals surface area contributed by atoms with Gasteiger partial charge in [-0.05, 0) is 25.0 Å². The summed E-state index contributed by atoms with van der Waals surface area (Å²) in [6, 6.07) is 7.55. The number of hydrogen-bond acceptors (Lipinski definition) is 7. The third-order valence-corrected chi connectivity index (χ3v) is 4.27. The molecule has 0 spiro atoms. The number of rotatable bonds is 4. The second kappa shape index (κ2) is 6.74. The summed E-state index contributed by atoms with van der Waals surface area (Å²) in [7, 11) is 1.61. The minimum Gasteiger partial charge on any atom is -0.550 e. The lowest BCUT2D eigenvalue weighted by Crippen LogP contribution is -2.41. The standard InChI is InChI=1S/C17H20N4O3/c1-24-13-4-2-3-12(9-13)14-10-19-15(18)16(20-14)21-7-5-11(6-8-21)17(22)23/h2-4,9-11H,5-8H2,1H3,(H2,18,19)(H,22,23)/p-1. The number of piperidine rings is 1. The van der Waals surface area contributed by atoms with Crippen molar-refractivity contribution in [1.82, 2.24) is 9.97 Å². The maximum atomic E-state index is 11.0. The van der Waals surface area contributed by atoms with Crippen molar-refractivity contribution in [2.24, 2.45) is 5.92 Å². The zero-order valence-corrected chi connectivity index (χ0v) is 13.4. The summed E-state index contributed by atoms with van der Waals surface area (Å²) in [5.41, 5.74) is 7.56. The van der Waals surface area contributed by atoms with Crippen LogP contribution in [0.2, 0.25) is 0 Å². The van der Waals surface area contributed by atoms with E-state index in [2.05, 4.69) is 9.97 Å². The highest BCUT2D eigenvalue weighted by molar-refractivity contribution is 5.69. The Bertz CT molecular complexity index is 742. The first kappa shape index (κ1) is 16.0. The molecule has 24 heavy (non-hydrogen) atoms. The molecule has 1 aliphatic rings. The predicted octanol–water partition coefficient (Wildman–Crippen LogP) is 0.701. The summed E-state index contributed by atoms with van der Waals surface area (Å²) in [6.45, 7) is 1.14. The van der Waals surface area contributed by atoms with Crippen LogP contribution in [0.25, 0.3) is 11.3 Å². The first-order valence-corrected chi connectivity index (χ1v) is 7.81. The Hall–Kier alpha value is -2.83. The van der Waals surface area contributed by atoms with Crippen LogP contribution in [0.4, 0.5) is 11.6 Å². The molecule has 0 amide bonds. The van der Waals surface area contributed by atoms with E-state index in [1.54, 1.807) is 13.3 Å². The Morgan fingerprint density at radius 1 is 1.38 bits per heavy atom. The highest BCUT2D eigenvalue weighted by atomic mass is 16.5. The maximum Gasteiger partial charge on any atom is 0.172 e. The summed E-state index contributed by atoms with van der Waals surface area (Å²) in [5.74, 6) is 0.277. The molecule has 1 aliphatic heterocycles. The van der Waals surface area contributed by atoms with Gasteiger partial charge in [-0.2, -0.15) is 0 Å². The normalized spacial score (nSPS) is 15.3. The van der Waals surface area contributed by atoms with E-state index in [0.29, 0.717) is 43.3 Å². The fourth-order valence-electron chi connectivity index (χ4n) is 2.87. The molecular weight excluding hydrogens is 308 g/mol. The van der Waals surface area contributed by atoms with Gasteiger partial charge in [-0.15, -0.1) is 0 Å². The van der Waals surface area contributed by atoms with Crippen molar-refractivity contribution in [3.63, 3.8) is 0 Å². The molecule has 1 aromatic carbocycles. The maximum absolute atomic E-state index is 11.0. The van der Waals surface area contributed by atoms with Gasteiger partial charge < -0.3 is 25.3 Å². The van der Waals surface area contributed by atoms with Gasteiger partial charge in [0.2, 0.25) is 0 Å². The number of carboxylic acids is 1. The van der Waals surface area contributed by atoms with Gasteiger partial charge in [0, 0.05) is 30.5 Å². The molecule has 1 fully saturated rings. The lowest BCUT2D eigenvalue weighted by molar-refractivity contribution is -0.312. The number of anilines is 2. The van der Waals surface area contributed by atoms with Crippen LogP contribution in [0.1, 0.15) is 12.8 Å². The van der Waals surface area contributed by atoms with Gasteiger partial charge in [0.1, 0.15) is 5.75 Å². The van der Waals surface area contributed by atoms with Crippen LogP contribution in [0, 0.1) is 5.92 Å². The molecule has 1 saturated heterocycles. The molecule has 2 N–H and O–H groups in total. The molecule has 7 nitrogen and oxygen atoms in total. The van der Waals surface area contributed by atoms with E-state index in [1.165, 1.54) is 0 Å². The summed E-state index contributed by atoms with van der Waals surface area (Å²) in [4.78, 5) is 21.8. The minimum absolute atomic E-state index is 0.341. The molecule has 2 aromatic rings. The summed E-state index contributed by atoms with van der Waals surface area (Å²) in [5, 5.41) is 11.0. The van der Waals surface area contributed by atoms with Crippen LogP contribution in [-0.2, 0) is 4.79 Å². The van der Waals surface area contributed by atoms with E-state index in [4.69, 9.17) is 10.5 Å². The molecular formula is C17H19N4O3-. The molecule has 0 bridgehead atoms. The first-order valence-electron chi connectivity index (χ1n) is 7.81. The van der Waals surface area contributed by atoms with Crippen molar-refractivity contribution < 1.29 is 14.6 Å². The lowest BCUT2D eigenvalue weighted by atomic mass is 9.97. The van der Waals surface area contributed by atoms with E-state index in [9.17, 15) is 9.90 Å². The Kier molecular flexibility index (Phi) is 4.50. The van der Waals surface area contributed by atoms with Gasteiger partial charge in [0.25, 0.3) is 0 Å². The highest BCUT2D eigenvalue weighted by Gasteiger charge is 2.23. The van der Waals surface area contributed by atoms with Crippen LogP contribution in [0.5, 0.6) is 5.75 Å². The molecule has 0 aliphatic carbocycles. The number of hydrogen-bond donors (Lipinski definition) is 1. The quantitative estimate of drug-likeness (QED) is 0.881. The van der Waals surface area contributed by atoms with Gasteiger partial charge in [-0.3, -0.25) is 0 Å². The van der Waals surface area contributed by atoms with Gasteiger partial charge in [-0.1, -0.05) is 12.1 Å². The molecule has 0 saturated carbocycles. The van der Waals surface area contributed by atoms with E-state index in [1.807, 2.05) is 29.2 Å². The van der Waals surface area contributed by atoms with Gasteiger partial charge in [0.05, 0.1) is 19.0 Å². The Labute approximate surface area is 140 Å². The van der Waals surface area contributed by atoms with Gasteiger partial charge in [-0.25, -0.2) is 9.97 Å². The number of carbonyl (C=O) groups is 1. The Morgan fingerprint density at radius 2 is 2.12 bits per heavy atom. The molecule has 7 heteroatoms. The fraction of sp³-hybridized carbons (Fsp3) is 0.353. The zero-order valence-electron chi connectivity index (χ0n) is 13.4. The van der Waals surface area contributed by atoms with Crippen molar-refractivity contribution >= 4 is 17.6 Å². The van der Waals surface area contributed by atoms with Crippen molar-refractivity contribution in [1.29, 1.82) is 0 Å². The van der Waals surface area contributed by atoms with E-state index in [0.717, 1.165) is 11.3 Å². The number of carbonyl (C=O) groups excluding carboxylic acids is 1. The third kappa shape index (κ3) is 3.24. The van der Waals surface area contributed by atoms with Crippen LogP contribution in [-0.4, -0.2) is 36.1 Å². The summed E-state index contributed by atoms with van der Waals surface area (Å²) in [6.07, 6.45) is 2.67. The number of aromatic nitrogens is 2. The van der Waals surface area contributed by atoms with Crippen LogP contribution in [0.15, 0.2) is 30.5 Å². The largest absolute Gasteiger partial charge is 0.550 e. The van der Waals surface area contributed by atoms with Crippen molar-refractivity contribution in [2.75, 3.05) is 30.8 Å². The topological polar surface area (TPSA) is 104 Å². The average Bonchev–Trinajstić information content (AvgIpc) is 2.62. The monoisotopic (exact) mass is 327 g/mol. The number of benzene rings is 1. The molecule has 3 rings (SSSR count). The van der Waals surface area contributed by atoms with Crippen molar-refractivity contribution in [2.45, 2.75) is 12.8 Å². The Balaban J connectivity index is 1.85. The van der Waals surface area contributed by atoms with E-state index >= 15 is 0 Å². The van der Waals surface area contributed by atoms with Crippen LogP contribution < -0.4 is 20.5 Å². The third-order valence-electron chi connectivity index (χ3n) is 4.27. The van der Waals surface area contributed by atoms with Crippen LogP contribution in [0.3, 0.4) is 0 Å². The molecule has 2 heterocycles. The number of nitrogen functional groups attached to an aromatic ring is 1. The number of methoxy groups -OCH3 is 1. The van der Waals surface area contributed by atoms with E-state index in [-0.39, 0.29) is 0 Å². The first-order chi connectivity index (χ1) is 11.6. The molecule has 0 unspecified atom stereocenters.